The number of fused-ring (bicyclic) bond motifs is 1. The number of aromatic nitrogens is 2. The molecule has 1 unspecified atom stereocenters. The Balaban J connectivity index is 1.72. The highest BCUT2D eigenvalue weighted by Crippen LogP contribution is 2.26. The van der Waals surface area contributed by atoms with Crippen molar-refractivity contribution in [2.75, 3.05) is 19.6 Å². The second kappa shape index (κ2) is 6.52. The average Bonchev–Trinajstić information content (AvgIpc) is 2.55. The molecule has 0 bridgehead atoms. The maximum absolute atomic E-state index is 12.1. The van der Waals surface area contributed by atoms with Crippen molar-refractivity contribution in [3.63, 3.8) is 0 Å². The van der Waals surface area contributed by atoms with Gasteiger partial charge in [0.2, 0.25) is 5.91 Å². The number of piperidine rings is 1. The normalized spacial score (nSPS) is 22.0. The molecule has 1 aromatic rings. The van der Waals surface area contributed by atoms with Crippen molar-refractivity contribution in [2.24, 2.45) is 0 Å². The molecule has 114 valence electrons. The van der Waals surface area contributed by atoms with Crippen LogP contribution in [-0.4, -0.2) is 40.4 Å². The lowest BCUT2D eigenvalue weighted by Crippen LogP contribution is -2.39. The summed E-state index contributed by atoms with van der Waals surface area (Å²) >= 11 is 0. The van der Waals surface area contributed by atoms with Gasteiger partial charge in [-0.05, 0) is 19.3 Å². The quantitative estimate of drug-likeness (QED) is 0.918. The number of nitrogens with one attached hydrogen (secondary N) is 1. The van der Waals surface area contributed by atoms with Crippen LogP contribution >= 0.6 is 0 Å². The Morgan fingerprint density at radius 2 is 2.43 bits per heavy atom. The first-order valence-electron chi connectivity index (χ1n) is 8.11. The summed E-state index contributed by atoms with van der Waals surface area (Å²) in [4.78, 5) is 23.4. The molecule has 3 rings (SSSR count). The molecule has 1 saturated heterocycles. The van der Waals surface area contributed by atoms with E-state index in [-0.39, 0.29) is 5.91 Å². The molecule has 0 spiro atoms. The van der Waals surface area contributed by atoms with Gasteiger partial charge >= 0.3 is 0 Å². The number of hydrogen-bond donors (Lipinski definition) is 1. The highest BCUT2D eigenvalue weighted by molar-refractivity contribution is 5.76. The second-order valence-electron chi connectivity index (χ2n) is 6.06. The van der Waals surface area contributed by atoms with Crippen LogP contribution in [0.2, 0.25) is 0 Å². The Kier molecular flexibility index (Phi) is 4.48. The van der Waals surface area contributed by atoms with Crippen LogP contribution in [0.1, 0.15) is 55.6 Å². The number of likely N-dealkylation sites (tertiary alicyclic amines) is 1. The molecule has 1 atom stereocenters. The number of carbonyl (C=O) groups is 1. The van der Waals surface area contributed by atoms with Gasteiger partial charge in [-0.2, -0.15) is 0 Å². The summed E-state index contributed by atoms with van der Waals surface area (Å²) in [5.74, 6) is 1.52. The third-order valence-corrected chi connectivity index (χ3v) is 4.43. The fraction of sp³-hybridized carbons (Fsp3) is 0.688. The van der Waals surface area contributed by atoms with Crippen LogP contribution in [0, 0.1) is 0 Å². The van der Waals surface area contributed by atoms with E-state index in [1.54, 1.807) is 0 Å². The van der Waals surface area contributed by atoms with Gasteiger partial charge < -0.3 is 10.2 Å². The molecular formula is C16H24N4O. The summed E-state index contributed by atoms with van der Waals surface area (Å²) in [6.45, 7) is 5.61. The number of nitrogens with zero attached hydrogens (tertiary/aromatic N) is 3. The Morgan fingerprint density at radius 3 is 3.29 bits per heavy atom. The molecule has 1 N–H and O–H groups in total. The monoisotopic (exact) mass is 288 g/mol. The third kappa shape index (κ3) is 3.23. The molecule has 3 heterocycles. The van der Waals surface area contributed by atoms with E-state index in [1.165, 1.54) is 11.3 Å². The van der Waals surface area contributed by atoms with E-state index in [1.807, 2.05) is 11.1 Å². The minimum atomic E-state index is 0.282. The molecule has 0 aliphatic carbocycles. The predicted octanol–water partition coefficient (Wildman–Crippen LogP) is 1.63. The van der Waals surface area contributed by atoms with Crippen LogP contribution < -0.4 is 5.32 Å². The topological polar surface area (TPSA) is 58.1 Å². The van der Waals surface area contributed by atoms with E-state index in [2.05, 4.69) is 17.2 Å². The first-order chi connectivity index (χ1) is 10.3. The maximum atomic E-state index is 12.1. The Morgan fingerprint density at radius 1 is 1.52 bits per heavy atom. The van der Waals surface area contributed by atoms with Gasteiger partial charge in [-0.25, -0.2) is 9.97 Å². The minimum Gasteiger partial charge on any atom is -0.342 e. The number of rotatable bonds is 3. The highest BCUT2D eigenvalue weighted by atomic mass is 16.2. The number of hydrogen-bond acceptors (Lipinski definition) is 4. The zero-order valence-corrected chi connectivity index (χ0v) is 12.8. The summed E-state index contributed by atoms with van der Waals surface area (Å²) in [5, 5.41) is 3.34. The van der Waals surface area contributed by atoms with Crippen LogP contribution in [0.15, 0.2) is 6.20 Å². The third-order valence-electron chi connectivity index (χ3n) is 4.43. The molecule has 0 saturated carbocycles. The minimum absolute atomic E-state index is 0.282. The Labute approximate surface area is 126 Å². The van der Waals surface area contributed by atoms with Crippen LogP contribution in [-0.2, 0) is 17.8 Å². The zero-order valence-electron chi connectivity index (χ0n) is 12.8. The molecule has 1 amide bonds. The van der Waals surface area contributed by atoms with Gasteiger partial charge in [0.1, 0.15) is 5.82 Å². The van der Waals surface area contributed by atoms with E-state index in [9.17, 15) is 4.79 Å². The fourth-order valence-electron chi connectivity index (χ4n) is 3.23. The van der Waals surface area contributed by atoms with Gasteiger partial charge in [0, 0.05) is 62.4 Å². The summed E-state index contributed by atoms with van der Waals surface area (Å²) in [6, 6.07) is 0. The van der Waals surface area contributed by atoms with Gasteiger partial charge in [0.15, 0.2) is 0 Å². The van der Waals surface area contributed by atoms with Gasteiger partial charge in [0.25, 0.3) is 0 Å². The van der Waals surface area contributed by atoms with Crippen molar-refractivity contribution in [3.05, 3.63) is 23.3 Å². The lowest BCUT2D eigenvalue weighted by Gasteiger charge is -2.32. The van der Waals surface area contributed by atoms with E-state index in [4.69, 9.17) is 4.98 Å². The van der Waals surface area contributed by atoms with Crippen LogP contribution in [0.25, 0.3) is 0 Å². The van der Waals surface area contributed by atoms with Crippen LogP contribution in [0.3, 0.4) is 0 Å². The Hall–Kier alpha value is -1.49. The van der Waals surface area contributed by atoms with Crippen molar-refractivity contribution in [1.82, 2.24) is 20.2 Å². The van der Waals surface area contributed by atoms with E-state index in [0.29, 0.717) is 12.3 Å². The van der Waals surface area contributed by atoms with Gasteiger partial charge in [0.05, 0.1) is 0 Å². The first kappa shape index (κ1) is 14.4. The summed E-state index contributed by atoms with van der Waals surface area (Å²) in [5.41, 5.74) is 2.41. The molecule has 5 heteroatoms. The molecule has 0 radical (unpaired) electrons. The number of amides is 1. The lowest BCUT2D eigenvalue weighted by molar-refractivity contribution is -0.132. The summed E-state index contributed by atoms with van der Waals surface area (Å²) in [6.07, 6.45) is 6.67. The van der Waals surface area contributed by atoms with Crippen molar-refractivity contribution in [3.8, 4) is 0 Å². The van der Waals surface area contributed by atoms with Crippen LogP contribution in [0.4, 0.5) is 0 Å². The SMILES string of the molecule is CCCC(=O)N1CCCC(c2ncc3c(n2)CCNC3)C1. The first-order valence-corrected chi connectivity index (χ1v) is 8.11. The van der Waals surface area contributed by atoms with E-state index >= 15 is 0 Å². The fourth-order valence-corrected chi connectivity index (χ4v) is 3.23. The second-order valence-corrected chi connectivity index (χ2v) is 6.06. The van der Waals surface area contributed by atoms with Crippen LogP contribution in [0.5, 0.6) is 0 Å². The molecule has 1 aromatic heterocycles. The number of carbonyl (C=O) groups excluding carboxylic acids is 1. The maximum Gasteiger partial charge on any atom is 0.222 e. The van der Waals surface area contributed by atoms with Crippen molar-refractivity contribution in [2.45, 2.75) is 51.5 Å². The smallest absolute Gasteiger partial charge is 0.222 e. The van der Waals surface area contributed by atoms with Crippen molar-refractivity contribution < 1.29 is 4.79 Å². The largest absolute Gasteiger partial charge is 0.342 e. The van der Waals surface area contributed by atoms with Gasteiger partial charge in [-0.1, -0.05) is 6.92 Å². The van der Waals surface area contributed by atoms with Gasteiger partial charge in [-0.15, -0.1) is 0 Å². The lowest BCUT2D eigenvalue weighted by atomic mass is 9.96. The van der Waals surface area contributed by atoms with E-state index < -0.39 is 0 Å². The molecular weight excluding hydrogens is 264 g/mol. The van der Waals surface area contributed by atoms with Crippen molar-refractivity contribution >= 4 is 5.91 Å². The molecule has 2 aliphatic heterocycles. The van der Waals surface area contributed by atoms with Gasteiger partial charge in [-0.3, -0.25) is 4.79 Å². The standard InChI is InChI=1S/C16H24N4O/c1-2-4-15(21)20-8-3-5-12(11-20)16-18-10-13-9-17-7-6-14(13)19-16/h10,12,17H,2-9,11H2,1H3. The highest BCUT2D eigenvalue weighted by Gasteiger charge is 2.26. The molecule has 2 aliphatic rings. The molecule has 1 fully saturated rings. The average molecular weight is 288 g/mol. The summed E-state index contributed by atoms with van der Waals surface area (Å²) in [7, 11) is 0. The molecule has 0 aromatic carbocycles. The summed E-state index contributed by atoms with van der Waals surface area (Å²) < 4.78 is 0. The van der Waals surface area contributed by atoms with E-state index in [0.717, 1.165) is 57.7 Å². The zero-order chi connectivity index (χ0) is 14.7. The predicted molar refractivity (Wildman–Crippen MR) is 80.9 cm³/mol. The molecule has 5 nitrogen and oxygen atoms in total. The Bertz CT molecular complexity index is 517. The van der Waals surface area contributed by atoms with Crippen molar-refractivity contribution in [1.29, 1.82) is 0 Å². The molecule has 21 heavy (non-hydrogen) atoms.